The van der Waals surface area contributed by atoms with Crippen LogP contribution >= 0.6 is 11.6 Å². The Labute approximate surface area is 142 Å². The van der Waals surface area contributed by atoms with Gasteiger partial charge >= 0.3 is 0 Å². The van der Waals surface area contributed by atoms with Crippen molar-refractivity contribution in [3.05, 3.63) is 52.7 Å². The third-order valence-electron chi connectivity index (χ3n) is 3.33. The molecule has 5 nitrogen and oxygen atoms in total. The molecule has 0 aliphatic heterocycles. The van der Waals surface area contributed by atoms with Crippen LogP contribution in [0.15, 0.2) is 39.9 Å². The van der Waals surface area contributed by atoms with E-state index in [2.05, 4.69) is 41.4 Å². The van der Waals surface area contributed by atoms with E-state index in [1.807, 2.05) is 24.3 Å². The molecular formula is C17H23ClN4O. The molecule has 0 unspecified atom stereocenters. The molecule has 2 rings (SSSR count). The molecule has 0 saturated heterocycles. The summed E-state index contributed by atoms with van der Waals surface area (Å²) in [5, 5.41) is 7.13. The van der Waals surface area contributed by atoms with Crippen molar-refractivity contribution in [3.8, 4) is 0 Å². The van der Waals surface area contributed by atoms with Gasteiger partial charge < -0.3 is 15.1 Å². The van der Waals surface area contributed by atoms with Gasteiger partial charge in [-0.1, -0.05) is 50.6 Å². The molecule has 0 radical (unpaired) electrons. The summed E-state index contributed by atoms with van der Waals surface area (Å²) in [4.78, 5) is 8.47. The van der Waals surface area contributed by atoms with Crippen molar-refractivity contribution in [1.82, 2.24) is 15.6 Å². The maximum Gasteiger partial charge on any atom is 0.213 e. The number of benzene rings is 1. The summed E-state index contributed by atoms with van der Waals surface area (Å²) in [6, 6.07) is 7.72. The zero-order valence-corrected chi connectivity index (χ0v) is 14.7. The van der Waals surface area contributed by atoms with Gasteiger partial charge in [-0.05, 0) is 11.6 Å². The van der Waals surface area contributed by atoms with Crippen LogP contribution in [-0.4, -0.2) is 18.0 Å². The van der Waals surface area contributed by atoms with Gasteiger partial charge in [-0.15, -0.1) is 0 Å². The van der Waals surface area contributed by atoms with E-state index in [9.17, 15) is 0 Å². The van der Waals surface area contributed by atoms with Crippen LogP contribution in [0.2, 0.25) is 5.02 Å². The highest BCUT2D eigenvalue weighted by Crippen LogP contribution is 2.22. The number of aliphatic imine (C=N–C) groups is 1. The maximum atomic E-state index is 6.14. The topological polar surface area (TPSA) is 62.5 Å². The molecule has 0 aliphatic carbocycles. The average Bonchev–Trinajstić information content (AvgIpc) is 2.98. The molecule has 0 aliphatic rings. The largest absolute Gasteiger partial charge is 0.443 e. The van der Waals surface area contributed by atoms with Gasteiger partial charge in [0.1, 0.15) is 5.76 Å². The minimum Gasteiger partial charge on any atom is -0.443 e. The first-order chi connectivity index (χ1) is 10.9. The van der Waals surface area contributed by atoms with Crippen molar-refractivity contribution in [2.24, 2.45) is 4.99 Å². The Bertz CT molecular complexity index is 673. The quantitative estimate of drug-likeness (QED) is 0.663. The predicted molar refractivity (Wildman–Crippen MR) is 93.7 cm³/mol. The molecule has 0 spiro atoms. The highest BCUT2D eigenvalue weighted by molar-refractivity contribution is 6.31. The first-order valence-electron chi connectivity index (χ1n) is 7.53. The first kappa shape index (κ1) is 17.3. The number of nitrogens with zero attached hydrogens (tertiary/aromatic N) is 2. The van der Waals surface area contributed by atoms with Crippen LogP contribution in [0.1, 0.15) is 38.0 Å². The summed E-state index contributed by atoms with van der Waals surface area (Å²) in [6.45, 7) is 7.34. The second-order valence-corrected chi connectivity index (χ2v) is 6.65. The van der Waals surface area contributed by atoms with Crippen LogP contribution in [0.3, 0.4) is 0 Å². The maximum absolute atomic E-state index is 6.14. The normalized spacial score (nSPS) is 12.3. The molecular weight excluding hydrogens is 312 g/mol. The van der Waals surface area contributed by atoms with E-state index in [1.54, 1.807) is 13.2 Å². The van der Waals surface area contributed by atoms with Crippen molar-refractivity contribution < 1.29 is 4.42 Å². The number of halogens is 1. The number of rotatable bonds is 4. The standard InChI is InChI=1S/C17H23ClN4O/c1-17(2,3)14-10-20-15(23-14)11-22-16(19-4)21-9-12-7-5-6-8-13(12)18/h5-8,10H,9,11H2,1-4H3,(H2,19,21,22). The first-order valence-corrected chi connectivity index (χ1v) is 7.91. The van der Waals surface area contributed by atoms with Gasteiger partial charge in [-0.25, -0.2) is 4.98 Å². The lowest BCUT2D eigenvalue weighted by Gasteiger charge is -2.13. The molecule has 0 fully saturated rings. The molecule has 1 aromatic carbocycles. The van der Waals surface area contributed by atoms with Gasteiger partial charge in [0.25, 0.3) is 0 Å². The summed E-state index contributed by atoms with van der Waals surface area (Å²) in [5.74, 6) is 2.17. The molecule has 1 heterocycles. The van der Waals surface area contributed by atoms with Crippen LogP contribution in [0.25, 0.3) is 0 Å². The van der Waals surface area contributed by atoms with Crippen LogP contribution in [-0.2, 0) is 18.5 Å². The number of hydrogen-bond acceptors (Lipinski definition) is 3. The third kappa shape index (κ3) is 4.99. The number of nitrogens with one attached hydrogen (secondary N) is 2. The lowest BCUT2D eigenvalue weighted by molar-refractivity contribution is 0.379. The van der Waals surface area contributed by atoms with Crippen molar-refractivity contribution in [3.63, 3.8) is 0 Å². The van der Waals surface area contributed by atoms with Crippen molar-refractivity contribution in [2.75, 3.05) is 7.05 Å². The molecule has 6 heteroatoms. The second-order valence-electron chi connectivity index (χ2n) is 6.24. The van der Waals surface area contributed by atoms with E-state index < -0.39 is 0 Å². The lowest BCUT2D eigenvalue weighted by atomic mass is 9.94. The highest BCUT2D eigenvalue weighted by atomic mass is 35.5. The highest BCUT2D eigenvalue weighted by Gasteiger charge is 2.19. The molecule has 0 saturated carbocycles. The van der Waals surface area contributed by atoms with Gasteiger partial charge in [0.05, 0.1) is 12.7 Å². The fourth-order valence-electron chi connectivity index (χ4n) is 1.94. The summed E-state index contributed by atoms with van der Waals surface area (Å²) in [6.07, 6.45) is 1.77. The van der Waals surface area contributed by atoms with Gasteiger partial charge in [0, 0.05) is 24.0 Å². The SMILES string of the molecule is CN=C(NCc1ncc(C(C)(C)C)o1)NCc1ccccc1Cl. The molecule has 1 aromatic heterocycles. The van der Waals surface area contributed by atoms with Gasteiger partial charge in [0.2, 0.25) is 5.89 Å². The van der Waals surface area contributed by atoms with Crippen molar-refractivity contribution in [2.45, 2.75) is 39.3 Å². The second kappa shape index (κ2) is 7.51. The summed E-state index contributed by atoms with van der Waals surface area (Å²) < 4.78 is 5.75. The molecule has 124 valence electrons. The Morgan fingerprint density at radius 2 is 1.91 bits per heavy atom. The average molecular weight is 335 g/mol. The predicted octanol–water partition coefficient (Wildman–Crippen LogP) is 3.49. The van der Waals surface area contributed by atoms with Crippen molar-refractivity contribution in [1.29, 1.82) is 0 Å². The van der Waals surface area contributed by atoms with Crippen LogP contribution in [0.5, 0.6) is 0 Å². The van der Waals surface area contributed by atoms with E-state index in [4.69, 9.17) is 16.0 Å². The van der Waals surface area contributed by atoms with Gasteiger partial charge in [0.15, 0.2) is 5.96 Å². The molecule has 2 N–H and O–H groups in total. The number of aromatic nitrogens is 1. The zero-order valence-electron chi connectivity index (χ0n) is 14.0. The lowest BCUT2D eigenvalue weighted by Crippen LogP contribution is -2.36. The Balaban J connectivity index is 1.88. The van der Waals surface area contributed by atoms with Crippen LogP contribution < -0.4 is 10.6 Å². The fraction of sp³-hybridized carbons (Fsp3) is 0.412. The fourth-order valence-corrected chi connectivity index (χ4v) is 2.14. The molecule has 23 heavy (non-hydrogen) atoms. The van der Waals surface area contributed by atoms with Crippen LogP contribution in [0.4, 0.5) is 0 Å². The molecule has 0 amide bonds. The summed E-state index contributed by atoms with van der Waals surface area (Å²) >= 11 is 6.14. The Hall–Kier alpha value is -2.01. The van der Waals surface area contributed by atoms with Crippen molar-refractivity contribution >= 4 is 17.6 Å². The van der Waals surface area contributed by atoms with Gasteiger partial charge in [-0.2, -0.15) is 0 Å². The summed E-state index contributed by atoms with van der Waals surface area (Å²) in [5.41, 5.74) is 0.971. The molecule has 2 aromatic rings. The third-order valence-corrected chi connectivity index (χ3v) is 3.70. The number of guanidine groups is 1. The Kier molecular flexibility index (Phi) is 5.66. The van der Waals surface area contributed by atoms with E-state index in [1.165, 1.54) is 0 Å². The number of oxazole rings is 1. The van der Waals surface area contributed by atoms with E-state index >= 15 is 0 Å². The van der Waals surface area contributed by atoms with E-state index in [0.29, 0.717) is 24.9 Å². The van der Waals surface area contributed by atoms with E-state index in [-0.39, 0.29) is 5.41 Å². The number of hydrogen-bond donors (Lipinski definition) is 2. The molecule has 0 bridgehead atoms. The molecule has 0 atom stereocenters. The monoisotopic (exact) mass is 334 g/mol. The van der Waals surface area contributed by atoms with Gasteiger partial charge in [-0.3, -0.25) is 4.99 Å². The Morgan fingerprint density at radius 3 is 2.52 bits per heavy atom. The van der Waals surface area contributed by atoms with E-state index in [0.717, 1.165) is 16.3 Å². The summed E-state index contributed by atoms with van der Waals surface area (Å²) in [7, 11) is 1.72. The minimum absolute atomic E-state index is 0.0464. The smallest absolute Gasteiger partial charge is 0.213 e. The van der Waals surface area contributed by atoms with Crippen LogP contribution in [0, 0.1) is 0 Å². The minimum atomic E-state index is -0.0464. The Morgan fingerprint density at radius 1 is 1.22 bits per heavy atom. The zero-order chi connectivity index (χ0) is 16.9.